The molecular formula is C21H23F3N4. The first-order chi connectivity index (χ1) is 13.2. The lowest BCUT2D eigenvalue weighted by Crippen LogP contribution is -2.62. The third kappa shape index (κ3) is 3.98. The van der Waals surface area contributed by atoms with Crippen LogP contribution in [0.5, 0.6) is 0 Å². The molecule has 2 heterocycles. The maximum absolute atomic E-state index is 13.8. The lowest BCUT2D eigenvalue weighted by molar-refractivity contribution is -0.209. The lowest BCUT2D eigenvalue weighted by atomic mass is 9.80. The van der Waals surface area contributed by atoms with Gasteiger partial charge in [-0.15, -0.1) is 0 Å². The van der Waals surface area contributed by atoms with E-state index >= 15 is 0 Å². The Hall–Kier alpha value is -2.96. The molecule has 28 heavy (non-hydrogen) atoms. The average molecular weight is 388 g/mol. The minimum absolute atomic E-state index is 0.186. The molecule has 1 fully saturated rings. The van der Waals surface area contributed by atoms with Crippen LogP contribution in [0.4, 0.5) is 19.0 Å². The van der Waals surface area contributed by atoms with Gasteiger partial charge >= 0.3 is 6.18 Å². The smallest absolute Gasteiger partial charge is 0.384 e. The number of hydrogen-bond acceptors (Lipinski definition) is 4. The molecule has 3 atom stereocenters. The highest BCUT2D eigenvalue weighted by Gasteiger charge is 2.58. The summed E-state index contributed by atoms with van der Waals surface area (Å²) >= 11 is 0. The Morgan fingerprint density at radius 2 is 1.96 bits per heavy atom. The molecule has 0 amide bonds. The molecule has 2 aromatic rings. The maximum atomic E-state index is 13.8. The molecule has 0 bridgehead atoms. The molecule has 3 N–H and O–H groups in total. The fourth-order valence-corrected chi connectivity index (χ4v) is 3.60. The predicted octanol–water partition coefficient (Wildman–Crippen LogP) is 4.40. The molecule has 148 valence electrons. The maximum Gasteiger partial charge on any atom is 0.409 e. The minimum Gasteiger partial charge on any atom is -0.384 e. The third-order valence-corrected chi connectivity index (χ3v) is 5.01. The standard InChI is InChI=1S/C21H23F3N4/c1-13(17-7-5-4-6-8-17)27-15(3)28-14(2)18(20(28)21(22,23)24)11-16-9-10-26-19(25)12-16/h4-10,12-13,18,20,27H,2-3,11H2,1H3,(H2,25,26)/t13-,18+,20+/m1/s1. The molecular weight excluding hydrogens is 365 g/mol. The van der Waals surface area contributed by atoms with E-state index in [-0.39, 0.29) is 24.1 Å². The average Bonchev–Trinajstić information content (AvgIpc) is 2.63. The summed E-state index contributed by atoms with van der Waals surface area (Å²) in [5.41, 5.74) is 7.69. The Morgan fingerprint density at radius 1 is 1.29 bits per heavy atom. The van der Waals surface area contributed by atoms with Crippen molar-refractivity contribution in [3.05, 3.63) is 84.5 Å². The number of nitrogen functional groups attached to an aromatic ring is 1. The third-order valence-electron chi connectivity index (χ3n) is 5.01. The Bertz CT molecular complexity index is 863. The van der Waals surface area contributed by atoms with E-state index in [2.05, 4.69) is 23.5 Å². The van der Waals surface area contributed by atoms with Gasteiger partial charge in [0.25, 0.3) is 0 Å². The summed E-state index contributed by atoms with van der Waals surface area (Å²) in [5.74, 6) is -0.299. The van der Waals surface area contributed by atoms with E-state index in [1.54, 1.807) is 12.1 Å². The number of pyridine rings is 1. The molecule has 7 heteroatoms. The van der Waals surface area contributed by atoms with E-state index in [0.29, 0.717) is 11.3 Å². The second-order valence-electron chi connectivity index (χ2n) is 6.97. The van der Waals surface area contributed by atoms with Gasteiger partial charge in [0.15, 0.2) is 0 Å². The fraction of sp³-hybridized carbons (Fsp3) is 0.286. The molecule has 0 spiro atoms. The summed E-state index contributed by atoms with van der Waals surface area (Å²) in [4.78, 5) is 5.03. The quantitative estimate of drug-likeness (QED) is 0.770. The van der Waals surface area contributed by atoms with Crippen LogP contribution in [0.3, 0.4) is 0 Å². The number of benzene rings is 1. The predicted molar refractivity (Wildman–Crippen MR) is 104 cm³/mol. The summed E-state index contributed by atoms with van der Waals surface area (Å²) in [6.45, 7) is 9.60. The molecule has 1 aliphatic rings. The number of anilines is 1. The topological polar surface area (TPSA) is 54.2 Å². The molecule has 1 saturated heterocycles. The van der Waals surface area contributed by atoms with Crippen molar-refractivity contribution in [1.29, 1.82) is 0 Å². The van der Waals surface area contributed by atoms with E-state index in [0.717, 1.165) is 10.5 Å². The van der Waals surface area contributed by atoms with E-state index < -0.39 is 18.1 Å². The zero-order valence-corrected chi connectivity index (χ0v) is 15.6. The van der Waals surface area contributed by atoms with Gasteiger partial charge in [0, 0.05) is 23.9 Å². The molecule has 0 radical (unpaired) electrons. The number of nitrogens with two attached hydrogens (primary N) is 1. The highest BCUT2D eigenvalue weighted by atomic mass is 19.4. The van der Waals surface area contributed by atoms with Crippen LogP contribution >= 0.6 is 0 Å². The zero-order valence-electron chi connectivity index (χ0n) is 15.6. The highest BCUT2D eigenvalue weighted by Crippen LogP contribution is 2.47. The first-order valence-corrected chi connectivity index (χ1v) is 8.94. The summed E-state index contributed by atoms with van der Waals surface area (Å²) in [6, 6.07) is 10.9. The second kappa shape index (κ2) is 7.58. The highest BCUT2D eigenvalue weighted by molar-refractivity contribution is 5.35. The van der Waals surface area contributed by atoms with Crippen LogP contribution < -0.4 is 11.1 Å². The normalized spacial score (nSPS) is 20.4. The van der Waals surface area contributed by atoms with Crippen LogP contribution in [-0.4, -0.2) is 22.1 Å². The Labute approximate surface area is 162 Å². The molecule has 0 saturated carbocycles. The Balaban J connectivity index is 1.75. The molecule has 0 unspecified atom stereocenters. The molecule has 1 aromatic carbocycles. The number of alkyl halides is 3. The summed E-state index contributed by atoms with van der Waals surface area (Å²) in [7, 11) is 0. The van der Waals surface area contributed by atoms with Crippen LogP contribution in [-0.2, 0) is 6.42 Å². The number of rotatable bonds is 6. The van der Waals surface area contributed by atoms with Gasteiger partial charge in [0.1, 0.15) is 11.9 Å². The van der Waals surface area contributed by atoms with Crippen molar-refractivity contribution in [1.82, 2.24) is 15.2 Å². The number of likely N-dealkylation sites (tertiary alicyclic amines) is 1. The van der Waals surface area contributed by atoms with Crippen molar-refractivity contribution >= 4 is 5.82 Å². The number of hydrogen-bond donors (Lipinski definition) is 2. The van der Waals surface area contributed by atoms with Crippen molar-refractivity contribution in [2.75, 3.05) is 5.73 Å². The first kappa shape index (κ1) is 19.8. The number of nitrogens with one attached hydrogen (secondary N) is 1. The van der Waals surface area contributed by atoms with Gasteiger partial charge in [-0.25, -0.2) is 4.98 Å². The van der Waals surface area contributed by atoms with E-state index in [1.165, 1.54) is 6.20 Å². The van der Waals surface area contributed by atoms with Crippen molar-refractivity contribution in [3.63, 3.8) is 0 Å². The van der Waals surface area contributed by atoms with Gasteiger partial charge in [0.2, 0.25) is 0 Å². The largest absolute Gasteiger partial charge is 0.409 e. The van der Waals surface area contributed by atoms with Crippen LogP contribution in [0.1, 0.15) is 24.1 Å². The monoisotopic (exact) mass is 388 g/mol. The van der Waals surface area contributed by atoms with Crippen molar-refractivity contribution in [3.8, 4) is 0 Å². The van der Waals surface area contributed by atoms with Gasteiger partial charge in [-0.1, -0.05) is 43.5 Å². The van der Waals surface area contributed by atoms with E-state index in [9.17, 15) is 13.2 Å². The van der Waals surface area contributed by atoms with Gasteiger partial charge in [-0.3, -0.25) is 0 Å². The van der Waals surface area contributed by atoms with Crippen molar-refractivity contribution < 1.29 is 13.2 Å². The minimum atomic E-state index is -4.41. The van der Waals surface area contributed by atoms with E-state index in [1.807, 2.05) is 37.3 Å². The van der Waals surface area contributed by atoms with Crippen molar-refractivity contribution in [2.45, 2.75) is 31.6 Å². The second-order valence-corrected chi connectivity index (χ2v) is 6.97. The first-order valence-electron chi connectivity index (χ1n) is 8.94. The van der Waals surface area contributed by atoms with Crippen LogP contribution in [0.2, 0.25) is 0 Å². The van der Waals surface area contributed by atoms with Crippen molar-refractivity contribution in [2.24, 2.45) is 5.92 Å². The van der Waals surface area contributed by atoms with Gasteiger partial charge in [-0.2, -0.15) is 13.2 Å². The molecule has 3 rings (SSSR count). The van der Waals surface area contributed by atoms with Crippen LogP contribution in [0.15, 0.2) is 73.3 Å². The SMILES string of the molecule is C=C(N[C@H](C)c1ccccc1)N1C(=C)[C@H](Cc2ccnc(N)c2)[C@H]1C(F)(F)F. The van der Waals surface area contributed by atoms with Gasteiger partial charge < -0.3 is 16.0 Å². The molecule has 0 aliphatic carbocycles. The summed E-state index contributed by atoms with van der Waals surface area (Å²) in [6.07, 6.45) is -2.73. The Morgan fingerprint density at radius 3 is 2.57 bits per heavy atom. The lowest BCUT2D eigenvalue weighted by Gasteiger charge is -2.52. The number of nitrogens with zero attached hydrogens (tertiary/aromatic N) is 2. The van der Waals surface area contributed by atoms with Gasteiger partial charge in [0.05, 0.1) is 5.82 Å². The Kier molecular flexibility index (Phi) is 5.36. The summed E-state index contributed by atoms with van der Waals surface area (Å²) in [5, 5.41) is 3.06. The fourth-order valence-electron chi connectivity index (χ4n) is 3.60. The summed E-state index contributed by atoms with van der Waals surface area (Å²) < 4.78 is 41.4. The van der Waals surface area contributed by atoms with E-state index in [4.69, 9.17) is 5.73 Å². The zero-order chi connectivity index (χ0) is 20.5. The van der Waals surface area contributed by atoms with Crippen LogP contribution in [0.25, 0.3) is 0 Å². The molecule has 1 aliphatic heterocycles. The van der Waals surface area contributed by atoms with Crippen LogP contribution in [0, 0.1) is 5.92 Å². The molecule has 1 aromatic heterocycles. The number of aromatic nitrogens is 1. The van der Waals surface area contributed by atoms with Gasteiger partial charge in [-0.05, 0) is 36.6 Å². The molecule has 4 nitrogen and oxygen atoms in total. The number of halogens is 3.